The van der Waals surface area contributed by atoms with Crippen LogP contribution in [0.4, 0.5) is 0 Å². The molecule has 2 saturated heterocycles. The highest BCUT2D eigenvalue weighted by Crippen LogP contribution is 2.38. The van der Waals surface area contributed by atoms with Gasteiger partial charge in [-0.15, -0.1) is 0 Å². The standard InChI is InChI=1S/C18H24N4O3/c23-16(7-13-1-2-13)22-11-18(12-22)4-3-14(10-25-18)8-21-17(24)15-9-19-5-6-20-15/h5-6,9,13-14H,1-4,7-8,10-12H2,(H,21,24)/t14-/m1/s1. The summed E-state index contributed by atoms with van der Waals surface area (Å²) in [7, 11) is 0. The van der Waals surface area contributed by atoms with Gasteiger partial charge >= 0.3 is 0 Å². The van der Waals surface area contributed by atoms with Crippen molar-refractivity contribution in [3.8, 4) is 0 Å². The van der Waals surface area contributed by atoms with E-state index in [1.165, 1.54) is 25.2 Å². The molecule has 0 aromatic carbocycles. The minimum atomic E-state index is -0.200. The van der Waals surface area contributed by atoms with Crippen molar-refractivity contribution in [2.45, 2.75) is 37.7 Å². The molecular formula is C18H24N4O3. The molecule has 1 spiro atoms. The minimum Gasteiger partial charge on any atom is -0.371 e. The fourth-order valence-corrected chi connectivity index (χ4v) is 3.60. The lowest BCUT2D eigenvalue weighted by molar-refractivity contribution is -0.188. The summed E-state index contributed by atoms with van der Waals surface area (Å²) in [6.45, 7) is 2.68. The molecule has 7 heteroatoms. The number of likely N-dealkylation sites (tertiary alicyclic amines) is 1. The van der Waals surface area contributed by atoms with Crippen LogP contribution in [0.3, 0.4) is 0 Å². The Hall–Kier alpha value is -2.02. The van der Waals surface area contributed by atoms with Crippen LogP contribution in [0.25, 0.3) is 0 Å². The average molecular weight is 344 g/mol. The lowest BCUT2D eigenvalue weighted by Gasteiger charge is -2.52. The summed E-state index contributed by atoms with van der Waals surface area (Å²) in [6, 6.07) is 0. The summed E-state index contributed by atoms with van der Waals surface area (Å²) in [5, 5.41) is 2.90. The van der Waals surface area contributed by atoms with E-state index in [1.54, 1.807) is 6.20 Å². The Morgan fingerprint density at radius 2 is 2.08 bits per heavy atom. The Labute approximate surface area is 147 Å². The van der Waals surface area contributed by atoms with Gasteiger partial charge in [0.1, 0.15) is 11.3 Å². The predicted molar refractivity (Wildman–Crippen MR) is 89.7 cm³/mol. The molecule has 3 fully saturated rings. The van der Waals surface area contributed by atoms with E-state index in [2.05, 4.69) is 15.3 Å². The Morgan fingerprint density at radius 1 is 1.24 bits per heavy atom. The molecule has 25 heavy (non-hydrogen) atoms. The molecule has 0 radical (unpaired) electrons. The first-order valence-electron chi connectivity index (χ1n) is 9.09. The van der Waals surface area contributed by atoms with E-state index in [0.717, 1.165) is 25.9 Å². The Balaban J connectivity index is 1.18. The van der Waals surface area contributed by atoms with E-state index in [1.807, 2.05) is 4.90 Å². The van der Waals surface area contributed by atoms with Crippen molar-refractivity contribution in [2.24, 2.45) is 11.8 Å². The number of nitrogens with one attached hydrogen (secondary N) is 1. The topological polar surface area (TPSA) is 84.4 Å². The van der Waals surface area contributed by atoms with Gasteiger partial charge in [-0.3, -0.25) is 14.6 Å². The van der Waals surface area contributed by atoms with Crippen LogP contribution in [-0.2, 0) is 9.53 Å². The normalized spacial score (nSPS) is 24.6. The van der Waals surface area contributed by atoms with Crippen LogP contribution < -0.4 is 5.32 Å². The van der Waals surface area contributed by atoms with E-state index in [0.29, 0.717) is 37.1 Å². The number of carbonyl (C=O) groups is 2. The smallest absolute Gasteiger partial charge is 0.271 e. The molecule has 7 nitrogen and oxygen atoms in total. The van der Waals surface area contributed by atoms with E-state index in [4.69, 9.17) is 4.74 Å². The fraction of sp³-hybridized carbons (Fsp3) is 0.667. The van der Waals surface area contributed by atoms with Crippen molar-refractivity contribution < 1.29 is 14.3 Å². The highest BCUT2D eigenvalue weighted by Gasteiger charge is 2.48. The number of carbonyl (C=O) groups excluding carboxylic acids is 2. The largest absolute Gasteiger partial charge is 0.371 e. The van der Waals surface area contributed by atoms with Crippen LogP contribution in [0.1, 0.15) is 42.6 Å². The maximum absolute atomic E-state index is 12.1. The second-order valence-electron chi connectivity index (χ2n) is 7.60. The van der Waals surface area contributed by atoms with Gasteiger partial charge in [-0.2, -0.15) is 0 Å². The van der Waals surface area contributed by atoms with Gasteiger partial charge in [0.2, 0.25) is 5.91 Å². The molecule has 2 amide bonds. The molecule has 1 aliphatic carbocycles. The highest BCUT2D eigenvalue weighted by molar-refractivity contribution is 5.91. The van der Waals surface area contributed by atoms with Crippen molar-refractivity contribution >= 4 is 11.8 Å². The summed E-state index contributed by atoms with van der Waals surface area (Å²) in [6.07, 6.45) is 9.61. The summed E-state index contributed by atoms with van der Waals surface area (Å²) >= 11 is 0. The molecule has 3 aliphatic rings. The summed E-state index contributed by atoms with van der Waals surface area (Å²) in [5.41, 5.74) is 0.199. The Bertz CT molecular complexity index is 631. The zero-order valence-electron chi connectivity index (χ0n) is 14.3. The van der Waals surface area contributed by atoms with Crippen LogP contribution in [-0.4, -0.2) is 58.5 Å². The van der Waals surface area contributed by atoms with Gasteiger partial charge in [-0.1, -0.05) is 0 Å². The Morgan fingerprint density at radius 3 is 2.72 bits per heavy atom. The number of rotatable bonds is 5. The molecule has 1 atom stereocenters. The number of hydrogen-bond acceptors (Lipinski definition) is 5. The quantitative estimate of drug-likeness (QED) is 0.862. The third-order valence-corrected chi connectivity index (χ3v) is 5.45. The number of amides is 2. The van der Waals surface area contributed by atoms with Crippen molar-refractivity contribution in [2.75, 3.05) is 26.2 Å². The third kappa shape index (κ3) is 3.81. The van der Waals surface area contributed by atoms with E-state index in [9.17, 15) is 9.59 Å². The highest BCUT2D eigenvalue weighted by atomic mass is 16.5. The summed E-state index contributed by atoms with van der Waals surface area (Å²) in [4.78, 5) is 33.9. The lowest BCUT2D eigenvalue weighted by Crippen LogP contribution is -2.66. The maximum atomic E-state index is 12.1. The monoisotopic (exact) mass is 344 g/mol. The molecule has 0 bridgehead atoms. The van der Waals surface area contributed by atoms with Crippen LogP contribution >= 0.6 is 0 Å². The number of nitrogens with zero attached hydrogens (tertiary/aromatic N) is 3. The SMILES string of the molecule is O=C(NC[C@H]1CCC2(CN(C(=O)CC3CC3)C2)OC1)c1cnccn1. The van der Waals surface area contributed by atoms with Gasteiger partial charge in [-0.05, 0) is 37.5 Å². The average Bonchev–Trinajstić information content (AvgIpc) is 3.42. The molecule has 0 unspecified atom stereocenters. The number of aromatic nitrogens is 2. The van der Waals surface area contributed by atoms with Crippen molar-refractivity contribution in [1.82, 2.24) is 20.2 Å². The second kappa shape index (κ2) is 6.71. The number of hydrogen-bond donors (Lipinski definition) is 1. The van der Waals surface area contributed by atoms with Crippen molar-refractivity contribution in [3.05, 3.63) is 24.3 Å². The van der Waals surface area contributed by atoms with Gasteiger partial charge in [0.15, 0.2) is 0 Å². The zero-order chi connectivity index (χ0) is 17.3. The molecule has 1 saturated carbocycles. The molecular weight excluding hydrogens is 320 g/mol. The van der Waals surface area contributed by atoms with Crippen molar-refractivity contribution in [3.63, 3.8) is 0 Å². The maximum Gasteiger partial charge on any atom is 0.271 e. The first kappa shape index (κ1) is 16.4. The molecule has 1 N–H and O–H groups in total. The predicted octanol–water partition coefficient (Wildman–Crippen LogP) is 1.01. The second-order valence-corrected chi connectivity index (χ2v) is 7.60. The van der Waals surface area contributed by atoms with Crippen LogP contribution in [0.2, 0.25) is 0 Å². The third-order valence-electron chi connectivity index (χ3n) is 5.45. The Kier molecular flexibility index (Phi) is 4.41. The van der Waals surface area contributed by atoms with Gasteiger partial charge in [0.05, 0.1) is 25.9 Å². The zero-order valence-corrected chi connectivity index (χ0v) is 14.3. The minimum absolute atomic E-state index is 0.134. The van der Waals surface area contributed by atoms with Gasteiger partial charge < -0.3 is 15.0 Å². The molecule has 4 rings (SSSR count). The van der Waals surface area contributed by atoms with Gasteiger partial charge in [0, 0.05) is 25.4 Å². The van der Waals surface area contributed by atoms with Crippen LogP contribution in [0.15, 0.2) is 18.6 Å². The molecule has 1 aromatic rings. The number of ether oxygens (including phenoxy) is 1. The van der Waals surface area contributed by atoms with Gasteiger partial charge in [-0.25, -0.2) is 4.98 Å². The van der Waals surface area contributed by atoms with Crippen LogP contribution in [0, 0.1) is 11.8 Å². The molecule has 1 aromatic heterocycles. The van der Waals surface area contributed by atoms with E-state index >= 15 is 0 Å². The molecule has 2 aliphatic heterocycles. The van der Waals surface area contributed by atoms with Crippen molar-refractivity contribution in [1.29, 1.82) is 0 Å². The molecule has 3 heterocycles. The first-order chi connectivity index (χ1) is 12.1. The fourth-order valence-electron chi connectivity index (χ4n) is 3.60. The first-order valence-corrected chi connectivity index (χ1v) is 9.09. The summed E-state index contributed by atoms with van der Waals surface area (Å²) in [5.74, 6) is 1.03. The molecule has 134 valence electrons. The van der Waals surface area contributed by atoms with Crippen LogP contribution in [0.5, 0.6) is 0 Å². The van der Waals surface area contributed by atoms with Gasteiger partial charge in [0.25, 0.3) is 5.91 Å². The van der Waals surface area contributed by atoms with E-state index in [-0.39, 0.29) is 17.4 Å². The van der Waals surface area contributed by atoms with E-state index < -0.39 is 0 Å². The lowest BCUT2D eigenvalue weighted by atomic mass is 9.82. The summed E-state index contributed by atoms with van der Waals surface area (Å²) < 4.78 is 6.08.